The van der Waals surface area contributed by atoms with E-state index in [1.807, 2.05) is 0 Å². The first-order valence-electron chi connectivity index (χ1n) is 10.7. The number of hydrogen-bond acceptors (Lipinski definition) is 3. The summed E-state index contributed by atoms with van der Waals surface area (Å²) in [5, 5.41) is 15.8. The van der Waals surface area contributed by atoms with Gasteiger partial charge in [0.25, 0.3) is 0 Å². The van der Waals surface area contributed by atoms with E-state index in [4.69, 9.17) is 10.2 Å². The molecule has 0 heterocycles. The molecule has 0 saturated carbocycles. The number of unbranched alkanes of at least 4 members (excludes halogenated alkanes) is 14. The van der Waals surface area contributed by atoms with Crippen LogP contribution in [0.4, 0.5) is 0 Å². The van der Waals surface area contributed by atoms with Gasteiger partial charge in [0.1, 0.15) is 6.10 Å². The van der Waals surface area contributed by atoms with E-state index in [2.05, 4.69) is 6.92 Å². The van der Waals surface area contributed by atoms with Crippen LogP contribution in [0.15, 0.2) is 0 Å². The van der Waals surface area contributed by atoms with Crippen LogP contribution in [-0.4, -0.2) is 26.7 Å². The quantitative estimate of drug-likeness (QED) is 0.230. The van der Waals surface area contributed by atoms with E-state index in [9.17, 15) is 9.59 Å². The number of hydrogen-bond donors (Lipinski definition) is 2. The molecule has 0 aliphatic carbocycles. The van der Waals surface area contributed by atoms with E-state index in [0.29, 0.717) is 4.38 Å². The van der Waals surface area contributed by atoms with E-state index >= 15 is 0 Å². The molecule has 26 heavy (non-hydrogen) atoms. The average molecular weight is 423 g/mol. The molecule has 151 valence electrons. The average Bonchev–Trinajstić information content (AvgIpc) is 2.58. The van der Waals surface area contributed by atoms with Gasteiger partial charge in [-0.3, -0.25) is 0 Å². The van der Waals surface area contributed by atoms with Gasteiger partial charge in [-0.05, 0) is 6.92 Å². The zero-order valence-electron chi connectivity index (χ0n) is 17.3. The Kier molecular flexibility index (Phi) is 24.5. The van der Waals surface area contributed by atoms with Gasteiger partial charge in [0, 0.05) is 0 Å². The Bertz CT molecular complexity index is 319. The number of aliphatic carboxylic acids is 1. The van der Waals surface area contributed by atoms with Gasteiger partial charge in [-0.25, -0.2) is 4.79 Å². The summed E-state index contributed by atoms with van der Waals surface area (Å²) in [7, 11) is 0. The van der Waals surface area contributed by atoms with Crippen LogP contribution < -0.4 is 0 Å². The minimum absolute atomic E-state index is 0.472. The van der Waals surface area contributed by atoms with Gasteiger partial charge in [0.2, 0.25) is 0 Å². The second-order valence-corrected chi connectivity index (χ2v) is 8.91. The minimum atomic E-state index is -1.23. The second-order valence-electron chi connectivity index (χ2n) is 7.25. The molecule has 1 atom stereocenters. The van der Waals surface area contributed by atoms with Crippen molar-refractivity contribution in [2.24, 2.45) is 0 Å². The number of carbonyl (C=O) groups excluding carboxylic acids is 1. The number of aliphatic hydroxyl groups is 1. The molecule has 0 rings (SSSR count). The van der Waals surface area contributed by atoms with Gasteiger partial charge in [-0.2, -0.15) is 0 Å². The van der Waals surface area contributed by atoms with Crippen LogP contribution in [-0.2, 0) is 27.9 Å². The van der Waals surface area contributed by atoms with Crippen LogP contribution >= 0.6 is 0 Å². The normalized spacial score (nSPS) is 11.6. The summed E-state index contributed by atoms with van der Waals surface area (Å²) in [4.78, 5) is 20.3. The Morgan fingerprint density at radius 3 is 1.23 bits per heavy atom. The summed E-state index contributed by atoms with van der Waals surface area (Å²) in [6.45, 7) is 3.48. The van der Waals surface area contributed by atoms with E-state index < -0.39 is 12.1 Å². The molecule has 0 aliphatic rings. The summed E-state index contributed by atoms with van der Waals surface area (Å²) in [6.07, 6.45) is 20.5. The maximum atomic E-state index is 10.8. The predicted molar refractivity (Wildman–Crippen MR) is 104 cm³/mol. The number of carbonyl (C=O) groups is 2. The first-order chi connectivity index (χ1) is 12.4. The first-order valence-corrected chi connectivity index (χ1v) is 12.2. The van der Waals surface area contributed by atoms with E-state index in [1.54, 1.807) is 0 Å². The summed E-state index contributed by atoms with van der Waals surface area (Å²) >= 11 is 0.846. The summed E-state index contributed by atoms with van der Waals surface area (Å²) in [5.41, 5.74) is 0. The summed E-state index contributed by atoms with van der Waals surface area (Å²) in [5.74, 6) is -1.19. The second kappa shape index (κ2) is 22.8. The molecule has 0 bridgehead atoms. The molecule has 2 N–H and O–H groups in total. The Hall–Kier alpha value is -0.277. The topological polar surface area (TPSA) is 74.6 Å². The fraction of sp³-hybridized carbons (Fsp3) is 0.905. The molecule has 0 aliphatic heterocycles. The zero-order valence-corrected chi connectivity index (χ0v) is 20.3. The molecular formula is C21H41O4Zn. The number of rotatable bonds is 17. The van der Waals surface area contributed by atoms with E-state index in [-0.39, 0.29) is 0 Å². The third-order valence-corrected chi connectivity index (χ3v) is 5.16. The van der Waals surface area contributed by atoms with Gasteiger partial charge in [-0.15, -0.1) is 0 Å². The molecule has 1 unspecified atom stereocenters. The zero-order chi connectivity index (χ0) is 20.0. The van der Waals surface area contributed by atoms with E-state index in [0.717, 1.165) is 31.1 Å². The van der Waals surface area contributed by atoms with Gasteiger partial charge < -0.3 is 10.2 Å². The number of carboxylic acids is 1. The Balaban J connectivity index is 0. The van der Waals surface area contributed by atoms with Crippen molar-refractivity contribution in [3.05, 3.63) is 0 Å². The van der Waals surface area contributed by atoms with Crippen molar-refractivity contribution >= 4 is 10.3 Å². The Morgan fingerprint density at radius 2 is 1.00 bits per heavy atom. The molecule has 0 amide bonds. The third kappa shape index (κ3) is 28.5. The predicted octanol–water partition coefficient (Wildman–Crippen LogP) is 5.77. The first kappa shape index (κ1) is 27.9. The van der Waals surface area contributed by atoms with Gasteiger partial charge in [-0.1, -0.05) is 39.0 Å². The maximum absolute atomic E-state index is 10.8. The fourth-order valence-electron chi connectivity index (χ4n) is 2.69. The standard InChI is InChI=1S/C18H35O.C3H6O3.Zn/c1-2-3-4-5-6-7-8-9-10-11-12-13-14-15-16-17-18-19;1-2(4)3(5)6;/h2-17H2,1H3;2,4H,1H3,(H,5,6);. The van der Waals surface area contributed by atoms with Gasteiger partial charge in [0.15, 0.2) is 0 Å². The number of aliphatic hydroxyl groups excluding tert-OH is 1. The fourth-order valence-corrected chi connectivity index (χ4v) is 3.22. The Labute approximate surface area is 171 Å². The van der Waals surface area contributed by atoms with Crippen LogP contribution in [0.5, 0.6) is 0 Å². The van der Waals surface area contributed by atoms with Crippen molar-refractivity contribution in [3.8, 4) is 0 Å². The van der Waals surface area contributed by atoms with Crippen molar-refractivity contribution < 1.29 is 38.1 Å². The van der Waals surface area contributed by atoms with Gasteiger partial charge >= 0.3 is 104 Å². The molecular weight excluding hydrogens is 382 g/mol. The molecule has 0 aromatic heterocycles. The molecule has 4 nitrogen and oxygen atoms in total. The molecule has 5 heteroatoms. The summed E-state index contributed by atoms with van der Waals surface area (Å²) < 4.78 is 0.472. The Morgan fingerprint density at radius 1 is 0.731 bits per heavy atom. The third-order valence-electron chi connectivity index (χ3n) is 4.42. The van der Waals surface area contributed by atoms with Crippen LogP contribution in [0, 0.1) is 0 Å². The number of carboxylic acid groups (broad SMARTS) is 1. The van der Waals surface area contributed by atoms with Crippen molar-refractivity contribution in [1.82, 2.24) is 0 Å². The van der Waals surface area contributed by atoms with Crippen LogP contribution in [0.2, 0.25) is 0 Å². The van der Waals surface area contributed by atoms with Crippen molar-refractivity contribution in [2.75, 3.05) is 0 Å². The molecule has 0 saturated heterocycles. The monoisotopic (exact) mass is 421 g/mol. The van der Waals surface area contributed by atoms with Crippen LogP contribution in [0.3, 0.4) is 0 Å². The molecule has 0 fully saturated rings. The molecule has 0 radical (unpaired) electrons. The molecule has 0 spiro atoms. The van der Waals surface area contributed by atoms with Crippen molar-refractivity contribution in [1.29, 1.82) is 0 Å². The summed E-state index contributed by atoms with van der Waals surface area (Å²) in [6, 6.07) is 0. The van der Waals surface area contributed by atoms with Crippen molar-refractivity contribution in [2.45, 2.75) is 123 Å². The molecule has 0 aromatic rings. The van der Waals surface area contributed by atoms with Gasteiger partial charge in [0.05, 0.1) is 0 Å². The van der Waals surface area contributed by atoms with Crippen molar-refractivity contribution in [3.63, 3.8) is 0 Å². The molecule has 0 aromatic carbocycles. The van der Waals surface area contributed by atoms with Crippen LogP contribution in [0.25, 0.3) is 0 Å². The SMILES string of the molecule is CC(O)C(=O)O.CCCCCCCCCCCCCCCCC[C](=O)[Zn]. The van der Waals surface area contributed by atoms with Crippen LogP contribution in [0.1, 0.15) is 117 Å². The van der Waals surface area contributed by atoms with E-state index in [1.165, 1.54) is 96.8 Å².